The number of halogens is 2. The molecule has 3 unspecified atom stereocenters. The van der Waals surface area contributed by atoms with E-state index in [1.807, 2.05) is 0 Å². The molecule has 94 valence electrons. The van der Waals surface area contributed by atoms with Crippen LogP contribution in [0.5, 0.6) is 0 Å². The van der Waals surface area contributed by atoms with Crippen molar-refractivity contribution in [3.05, 3.63) is 19.8 Å². The SMILES string of the molecule is CC1C2CNCC2CN1Cc1cc(Br)c(Cl)s1. The van der Waals surface area contributed by atoms with Gasteiger partial charge in [-0.05, 0) is 53.8 Å². The number of fused-ring (bicyclic) bond motifs is 1. The number of nitrogens with one attached hydrogen (secondary N) is 1. The third-order valence-corrected chi connectivity index (χ3v) is 6.57. The zero-order valence-corrected chi connectivity index (χ0v) is 12.9. The second-order valence-corrected chi connectivity index (χ2v) is 7.68. The van der Waals surface area contributed by atoms with Crippen LogP contribution in [-0.2, 0) is 6.54 Å². The number of rotatable bonds is 2. The van der Waals surface area contributed by atoms with E-state index in [0.29, 0.717) is 6.04 Å². The first-order valence-corrected chi connectivity index (χ1v) is 8.02. The quantitative estimate of drug-likeness (QED) is 0.893. The van der Waals surface area contributed by atoms with Crippen LogP contribution in [-0.4, -0.2) is 30.6 Å². The number of thiophene rings is 1. The van der Waals surface area contributed by atoms with Crippen LogP contribution < -0.4 is 5.32 Å². The molecule has 0 bridgehead atoms. The van der Waals surface area contributed by atoms with E-state index in [1.165, 1.54) is 24.5 Å². The van der Waals surface area contributed by atoms with Gasteiger partial charge in [-0.3, -0.25) is 4.90 Å². The lowest BCUT2D eigenvalue weighted by Crippen LogP contribution is -2.32. The Balaban J connectivity index is 1.70. The van der Waals surface area contributed by atoms with Gasteiger partial charge in [0.05, 0.1) is 0 Å². The highest BCUT2D eigenvalue weighted by Crippen LogP contribution is 2.37. The van der Waals surface area contributed by atoms with Crippen molar-refractivity contribution >= 4 is 38.9 Å². The van der Waals surface area contributed by atoms with Crippen molar-refractivity contribution in [3.63, 3.8) is 0 Å². The summed E-state index contributed by atoms with van der Waals surface area (Å²) in [5.74, 6) is 1.69. The predicted molar refractivity (Wildman–Crippen MR) is 76.8 cm³/mol. The average molecular weight is 336 g/mol. The van der Waals surface area contributed by atoms with E-state index >= 15 is 0 Å². The molecular weight excluding hydrogens is 320 g/mol. The Morgan fingerprint density at radius 2 is 2.41 bits per heavy atom. The van der Waals surface area contributed by atoms with Gasteiger partial charge in [0.1, 0.15) is 4.34 Å². The highest BCUT2D eigenvalue weighted by molar-refractivity contribution is 9.10. The zero-order valence-electron chi connectivity index (χ0n) is 9.75. The van der Waals surface area contributed by atoms with Gasteiger partial charge in [-0.15, -0.1) is 11.3 Å². The lowest BCUT2D eigenvalue weighted by molar-refractivity contribution is 0.233. The van der Waals surface area contributed by atoms with Crippen molar-refractivity contribution in [2.75, 3.05) is 19.6 Å². The summed E-state index contributed by atoms with van der Waals surface area (Å²) >= 11 is 11.3. The van der Waals surface area contributed by atoms with E-state index in [0.717, 1.165) is 27.2 Å². The Bertz CT molecular complexity index is 403. The fourth-order valence-electron chi connectivity index (χ4n) is 3.13. The Morgan fingerprint density at radius 1 is 1.59 bits per heavy atom. The molecule has 3 heterocycles. The molecule has 2 aliphatic heterocycles. The molecule has 2 fully saturated rings. The molecule has 17 heavy (non-hydrogen) atoms. The highest BCUT2D eigenvalue weighted by atomic mass is 79.9. The second kappa shape index (κ2) is 4.82. The molecule has 1 aromatic rings. The average Bonchev–Trinajstić information content (AvgIpc) is 2.91. The van der Waals surface area contributed by atoms with Crippen molar-refractivity contribution in [2.24, 2.45) is 11.8 Å². The molecule has 3 rings (SSSR count). The normalized spacial score (nSPS) is 33.2. The van der Waals surface area contributed by atoms with Crippen LogP contribution in [0, 0.1) is 11.8 Å². The van der Waals surface area contributed by atoms with Crippen LogP contribution in [0.2, 0.25) is 4.34 Å². The lowest BCUT2D eigenvalue weighted by atomic mass is 9.95. The molecule has 0 saturated carbocycles. The van der Waals surface area contributed by atoms with E-state index in [1.54, 1.807) is 11.3 Å². The van der Waals surface area contributed by atoms with Gasteiger partial charge in [0.25, 0.3) is 0 Å². The number of hydrogen-bond donors (Lipinski definition) is 1. The van der Waals surface area contributed by atoms with Gasteiger partial charge in [0, 0.05) is 28.5 Å². The minimum absolute atomic E-state index is 0.689. The van der Waals surface area contributed by atoms with Gasteiger partial charge in [-0.25, -0.2) is 0 Å². The van der Waals surface area contributed by atoms with Crippen molar-refractivity contribution < 1.29 is 0 Å². The summed E-state index contributed by atoms with van der Waals surface area (Å²) in [6, 6.07) is 2.85. The van der Waals surface area contributed by atoms with Crippen LogP contribution in [0.4, 0.5) is 0 Å². The molecule has 2 saturated heterocycles. The summed E-state index contributed by atoms with van der Waals surface area (Å²) < 4.78 is 1.90. The zero-order chi connectivity index (χ0) is 12.0. The van der Waals surface area contributed by atoms with Crippen LogP contribution in [0.15, 0.2) is 10.5 Å². The molecule has 3 atom stereocenters. The van der Waals surface area contributed by atoms with Gasteiger partial charge in [0.15, 0.2) is 0 Å². The molecule has 1 N–H and O–H groups in total. The molecule has 1 aromatic heterocycles. The van der Waals surface area contributed by atoms with E-state index in [9.17, 15) is 0 Å². The number of hydrogen-bond acceptors (Lipinski definition) is 3. The summed E-state index contributed by atoms with van der Waals surface area (Å²) in [5, 5.41) is 3.50. The number of nitrogens with zero attached hydrogens (tertiary/aromatic N) is 1. The Hall–Kier alpha value is 0.390. The Kier molecular flexibility index (Phi) is 3.52. The molecule has 2 aliphatic rings. The largest absolute Gasteiger partial charge is 0.316 e. The summed E-state index contributed by atoms with van der Waals surface area (Å²) in [5.41, 5.74) is 0. The van der Waals surface area contributed by atoms with Gasteiger partial charge >= 0.3 is 0 Å². The van der Waals surface area contributed by atoms with Crippen LogP contribution in [0.25, 0.3) is 0 Å². The topological polar surface area (TPSA) is 15.3 Å². The molecule has 0 aliphatic carbocycles. The smallest absolute Gasteiger partial charge is 0.107 e. The number of likely N-dealkylation sites (tertiary alicyclic amines) is 1. The summed E-state index contributed by atoms with van der Waals surface area (Å²) in [6.07, 6.45) is 0. The first-order valence-electron chi connectivity index (χ1n) is 6.03. The second-order valence-electron chi connectivity index (χ2n) is 5.09. The maximum atomic E-state index is 6.09. The molecular formula is C12H16BrClN2S. The van der Waals surface area contributed by atoms with E-state index < -0.39 is 0 Å². The molecule has 0 radical (unpaired) electrons. The van der Waals surface area contributed by atoms with Crippen molar-refractivity contribution in [1.29, 1.82) is 0 Å². The van der Waals surface area contributed by atoms with Crippen molar-refractivity contribution in [1.82, 2.24) is 10.2 Å². The first-order chi connectivity index (χ1) is 8.15. The van der Waals surface area contributed by atoms with E-state index in [4.69, 9.17) is 11.6 Å². The monoisotopic (exact) mass is 334 g/mol. The van der Waals surface area contributed by atoms with Crippen molar-refractivity contribution in [2.45, 2.75) is 19.5 Å². The molecule has 0 spiro atoms. The molecule has 5 heteroatoms. The maximum Gasteiger partial charge on any atom is 0.107 e. The standard InChI is InChI=1S/C12H16BrClN2S/c1-7-10-4-15-3-8(10)5-16(7)6-9-2-11(13)12(14)17-9/h2,7-8,10,15H,3-6H2,1H3. The third-order valence-electron chi connectivity index (χ3n) is 4.11. The van der Waals surface area contributed by atoms with E-state index in [-0.39, 0.29) is 0 Å². The minimum Gasteiger partial charge on any atom is -0.316 e. The van der Waals surface area contributed by atoms with Gasteiger partial charge < -0.3 is 5.32 Å². The highest BCUT2D eigenvalue weighted by Gasteiger charge is 2.41. The summed E-state index contributed by atoms with van der Waals surface area (Å²) in [7, 11) is 0. The van der Waals surface area contributed by atoms with Crippen LogP contribution in [0.3, 0.4) is 0 Å². The van der Waals surface area contributed by atoms with Crippen LogP contribution >= 0.6 is 38.9 Å². The predicted octanol–water partition coefficient (Wildman–Crippen LogP) is 3.20. The van der Waals surface area contributed by atoms with Gasteiger partial charge in [-0.2, -0.15) is 0 Å². The minimum atomic E-state index is 0.689. The first kappa shape index (κ1) is 12.4. The van der Waals surface area contributed by atoms with Crippen molar-refractivity contribution in [3.8, 4) is 0 Å². The molecule has 2 nitrogen and oxygen atoms in total. The Labute approximate surface area is 119 Å². The summed E-state index contributed by atoms with van der Waals surface area (Å²) in [6.45, 7) is 7.02. The molecule has 0 aromatic carbocycles. The van der Waals surface area contributed by atoms with Gasteiger partial charge in [-0.1, -0.05) is 11.6 Å². The lowest BCUT2D eigenvalue weighted by Gasteiger charge is -2.23. The third kappa shape index (κ3) is 2.30. The fraction of sp³-hybridized carbons (Fsp3) is 0.667. The van der Waals surface area contributed by atoms with Crippen LogP contribution in [0.1, 0.15) is 11.8 Å². The molecule has 0 amide bonds. The summed E-state index contributed by atoms with van der Waals surface area (Å²) in [4.78, 5) is 3.96. The maximum absolute atomic E-state index is 6.09. The van der Waals surface area contributed by atoms with Gasteiger partial charge in [0.2, 0.25) is 0 Å². The van der Waals surface area contributed by atoms with E-state index in [2.05, 4.69) is 39.1 Å². The Morgan fingerprint density at radius 3 is 3.06 bits per heavy atom. The fourth-order valence-corrected chi connectivity index (χ4v) is 4.95.